The number of pyridine rings is 1. The van der Waals surface area contributed by atoms with Crippen LogP contribution in [0.5, 0.6) is 0 Å². The van der Waals surface area contributed by atoms with Crippen LogP contribution in [-0.4, -0.2) is 45.6 Å². The number of aliphatic hydroxyl groups is 1. The van der Waals surface area contributed by atoms with Gasteiger partial charge < -0.3 is 15.7 Å². The lowest BCUT2D eigenvalue weighted by molar-refractivity contribution is 0.146. The third-order valence-corrected chi connectivity index (χ3v) is 4.02. The largest absolute Gasteiger partial charge is 0.391 e. The Kier molecular flexibility index (Phi) is 5.74. The fourth-order valence-electron chi connectivity index (χ4n) is 2.79. The van der Waals surface area contributed by atoms with Crippen LogP contribution in [0.1, 0.15) is 25.5 Å². The van der Waals surface area contributed by atoms with Gasteiger partial charge in [-0.1, -0.05) is 0 Å². The number of hydrogen-bond donors (Lipinski definition) is 3. The van der Waals surface area contributed by atoms with E-state index in [2.05, 4.69) is 40.6 Å². The van der Waals surface area contributed by atoms with Crippen LogP contribution in [0.2, 0.25) is 0 Å². The van der Waals surface area contributed by atoms with Crippen LogP contribution < -0.4 is 10.6 Å². The lowest BCUT2D eigenvalue weighted by Crippen LogP contribution is -2.30. The molecule has 2 aromatic heterocycles. The minimum Gasteiger partial charge on any atom is -0.391 e. The van der Waals surface area contributed by atoms with Crippen molar-refractivity contribution < 1.29 is 5.11 Å². The third kappa shape index (κ3) is 3.57. The summed E-state index contributed by atoms with van der Waals surface area (Å²) in [6.07, 6.45) is 3.54. The Labute approximate surface area is 136 Å². The number of aromatic nitrogens is 3. The summed E-state index contributed by atoms with van der Waals surface area (Å²) < 4.78 is 1.94. The molecule has 0 bridgehead atoms. The zero-order valence-electron chi connectivity index (χ0n) is 13.0. The van der Waals surface area contributed by atoms with Gasteiger partial charge in [0, 0.05) is 49.7 Å². The average Bonchev–Trinajstić information content (AvgIpc) is 3.05. The molecule has 3 N–H and O–H groups in total. The van der Waals surface area contributed by atoms with Crippen LogP contribution in [0.3, 0.4) is 0 Å². The molecule has 1 aliphatic heterocycles. The molecule has 2 atom stereocenters. The third-order valence-electron chi connectivity index (χ3n) is 4.02. The van der Waals surface area contributed by atoms with Crippen molar-refractivity contribution in [3.63, 3.8) is 0 Å². The second-order valence-electron chi connectivity index (χ2n) is 6.06. The maximum Gasteiger partial charge on any atom is 0.157 e. The molecule has 3 rings (SSSR count). The van der Waals surface area contributed by atoms with Crippen molar-refractivity contribution in [3.05, 3.63) is 24.0 Å². The Hall–Kier alpha value is -1.21. The Morgan fingerprint density at radius 2 is 2.23 bits per heavy atom. The molecule has 3 heterocycles. The van der Waals surface area contributed by atoms with Gasteiger partial charge in [0.1, 0.15) is 0 Å². The molecule has 122 valence electrons. The van der Waals surface area contributed by atoms with Gasteiger partial charge in [-0.2, -0.15) is 5.10 Å². The van der Waals surface area contributed by atoms with Crippen molar-refractivity contribution >= 4 is 23.4 Å². The van der Waals surface area contributed by atoms with E-state index in [-0.39, 0.29) is 18.5 Å². The molecule has 2 aromatic rings. The first kappa shape index (κ1) is 17.1. The Morgan fingerprint density at radius 3 is 2.91 bits per heavy atom. The van der Waals surface area contributed by atoms with Gasteiger partial charge in [-0.25, -0.2) is 9.67 Å². The number of rotatable bonds is 5. The maximum atomic E-state index is 9.76. The first-order chi connectivity index (χ1) is 10.1. The van der Waals surface area contributed by atoms with Gasteiger partial charge in [0.05, 0.1) is 12.3 Å². The molecule has 0 saturated carbocycles. The SMILES string of the molecule is CC(C)n1ncc2cc(CNCC3CNCC3O)cnc21.Cl. The first-order valence-electron chi connectivity index (χ1n) is 7.57. The van der Waals surface area contributed by atoms with Crippen LogP contribution >= 0.6 is 12.4 Å². The molecule has 1 fully saturated rings. The molecule has 1 aliphatic rings. The van der Waals surface area contributed by atoms with E-state index in [1.165, 1.54) is 0 Å². The van der Waals surface area contributed by atoms with Crippen LogP contribution in [-0.2, 0) is 6.54 Å². The summed E-state index contributed by atoms with van der Waals surface area (Å²) in [4.78, 5) is 4.53. The minimum absolute atomic E-state index is 0. The van der Waals surface area contributed by atoms with E-state index in [0.717, 1.165) is 36.2 Å². The highest BCUT2D eigenvalue weighted by atomic mass is 35.5. The first-order valence-corrected chi connectivity index (χ1v) is 7.57. The van der Waals surface area contributed by atoms with E-state index < -0.39 is 0 Å². The van der Waals surface area contributed by atoms with Crippen molar-refractivity contribution in [2.24, 2.45) is 5.92 Å². The predicted octanol–water partition coefficient (Wildman–Crippen LogP) is 1.10. The van der Waals surface area contributed by atoms with Gasteiger partial charge in [0.15, 0.2) is 5.65 Å². The van der Waals surface area contributed by atoms with Crippen LogP contribution in [0, 0.1) is 5.92 Å². The topological polar surface area (TPSA) is 75.0 Å². The van der Waals surface area contributed by atoms with Crippen molar-refractivity contribution in [1.29, 1.82) is 0 Å². The van der Waals surface area contributed by atoms with E-state index in [0.29, 0.717) is 18.5 Å². The van der Waals surface area contributed by atoms with Crippen molar-refractivity contribution in [3.8, 4) is 0 Å². The number of fused-ring (bicyclic) bond motifs is 1. The van der Waals surface area contributed by atoms with E-state index >= 15 is 0 Å². The number of nitrogens with zero attached hydrogens (tertiary/aromatic N) is 3. The zero-order valence-corrected chi connectivity index (χ0v) is 13.8. The second kappa shape index (κ2) is 7.37. The number of β-amino-alcohol motifs (C(OH)–C–C–N with tert-alkyl or cyclic N) is 1. The zero-order chi connectivity index (χ0) is 14.8. The molecule has 0 spiro atoms. The summed E-state index contributed by atoms with van der Waals surface area (Å²) in [5, 5.41) is 21.8. The van der Waals surface area contributed by atoms with E-state index in [4.69, 9.17) is 0 Å². The molecule has 6 nitrogen and oxygen atoms in total. The molecule has 0 radical (unpaired) electrons. The molecule has 0 aliphatic carbocycles. The van der Waals surface area contributed by atoms with Gasteiger partial charge >= 0.3 is 0 Å². The highest BCUT2D eigenvalue weighted by Crippen LogP contribution is 2.16. The monoisotopic (exact) mass is 325 g/mol. The van der Waals surface area contributed by atoms with Crippen molar-refractivity contribution in [2.75, 3.05) is 19.6 Å². The fraction of sp³-hybridized carbons (Fsp3) is 0.600. The summed E-state index contributed by atoms with van der Waals surface area (Å²) in [6.45, 7) is 7.37. The molecular weight excluding hydrogens is 302 g/mol. The molecular formula is C15H24ClN5O. The standard InChI is InChI=1S/C15H23N5O.ClH/c1-10(2)20-15-12(8-19-20)3-11(5-18-15)4-16-6-13-7-17-9-14(13)21;/h3,5,8,10,13-14,16-17,21H,4,6-7,9H2,1-2H3;1H. The fourth-order valence-corrected chi connectivity index (χ4v) is 2.79. The number of nitrogens with one attached hydrogen (secondary N) is 2. The van der Waals surface area contributed by atoms with Gasteiger partial charge in [0.2, 0.25) is 0 Å². The molecule has 0 amide bonds. The van der Waals surface area contributed by atoms with Crippen molar-refractivity contribution in [2.45, 2.75) is 32.5 Å². The Bertz CT molecular complexity index is 615. The van der Waals surface area contributed by atoms with Gasteiger partial charge in [-0.05, 0) is 25.5 Å². The molecule has 0 aromatic carbocycles. The van der Waals surface area contributed by atoms with E-state index in [1.54, 1.807) is 0 Å². The highest BCUT2D eigenvalue weighted by Gasteiger charge is 2.24. The number of hydrogen-bond acceptors (Lipinski definition) is 5. The predicted molar refractivity (Wildman–Crippen MR) is 89.2 cm³/mol. The lowest BCUT2D eigenvalue weighted by Gasteiger charge is -2.14. The summed E-state index contributed by atoms with van der Waals surface area (Å²) in [5.41, 5.74) is 2.08. The lowest BCUT2D eigenvalue weighted by atomic mass is 10.1. The smallest absolute Gasteiger partial charge is 0.157 e. The number of halogens is 1. The maximum absolute atomic E-state index is 9.76. The number of aliphatic hydroxyl groups excluding tert-OH is 1. The highest BCUT2D eigenvalue weighted by molar-refractivity contribution is 5.85. The summed E-state index contributed by atoms with van der Waals surface area (Å²) in [6, 6.07) is 2.44. The minimum atomic E-state index is -0.234. The van der Waals surface area contributed by atoms with Gasteiger partial charge in [-0.15, -0.1) is 12.4 Å². The average molecular weight is 326 g/mol. The summed E-state index contributed by atoms with van der Waals surface area (Å²) >= 11 is 0. The molecule has 22 heavy (non-hydrogen) atoms. The quantitative estimate of drug-likeness (QED) is 0.767. The molecule has 1 saturated heterocycles. The normalized spacial score (nSPS) is 21.5. The van der Waals surface area contributed by atoms with E-state index in [9.17, 15) is 5.11 Å². The van der Waals surface area contributed by atoms with Gasteiger partial charge in [0.25, 0.3) is 0 Å². The van der Waals surface area contributed by atoms with E-state index in [1.807, 2.05) is 17.1 Å². The summed E-state index contributed by atoms with van der Waals surface area (Å²) in [7, 11) is 0. The Morgan fingerprint density at radius 1 is 1.41 bits per heavy atom. The van der Waals surface area contributed by atoms with Gasteiger partial charge in [-0.3, -0.25) is 0 Å². The van der Waals surface area contributed by atoms with Crippen molar-refractivity contribution in [1.82, 2.24) is 25.4 Å². The molecule has 2 unspecified atom stereocenters. The van der Waals surface area contributed by atoms with Crippen LogP contribution in [0.25, 0.3) is 11.0 Å². The second-order valence-corrected chi connectivity index (χ2v) is 6.06. The van der Waals surface area contributed by atoms with Crippen LogP contribution in [0.15, 0.2) is 18.5 Å². The Balaban J connectivity index is 0.00000176. The van der Waals surface area contributed by atoms with Crippen LogP contribution in [0.4, 0.5) is 0 Å². The molecule has 7 heteroatoms. The summed E-state index contributed by atoms with van der Waals surface area (Å²) in [5.74, 6) is 0.297.